The molecule has 4 aromatic rings. The Bertz CT molecular complexity index is 1520. The van der Waals surface area contributed by atoms with Crippen molar-refractivity contribution in [1.82, 2.24) is 14.9 Å². The minimum absolute atomic E-state index is 0.0790. The Morgan fingerprint density at radius 1 is 1.00 bits per heavy atom. The first kappa shape index (κ1) is 24.8. The van der Waals surface area contributed by atoms with E-state index in [1.165, 1.54) is 11.8 Å². The van der Waals surface area contributed by atoms with E-state index in [1.807, 2.05) is 56.3 Å². The van der Waals surface area contributed by atoms with Crippen LogP contribution in [-0.4, -0.2) is 33.2 Å². The smallest absolute Gasteiger partial charge is 0.262 e. The summed E-state index contributed by atoms with van der Waals surface area (Å²) < 4.78 is 1.59. The summed E-state index contributed by atoms with van der Waals surface area (Å²) in [5.74, 6) is -0.141. The van der Waals surface area contributed by atoms with Gasteiger partial charge < -0.3 is 10.6 Å². The van der Waals surface area contributed by atoms with Gasteiger partial charge in [0.05, 0.1) is 23.2 Å². The van der Waals surface area contributed by atoms with E-state index in [-0.39, 0.29) is 29.7 Å². The number of benzene rings is 3. The molecule has 8 heteroatoms. The normalized spacial score (nSPS) is 12.9. The number of fused-ring (bicyclic) bond motifs is 1. The molecular formula is C29H28N4O3S. The highest BCUT2D eigenvalue weighted by atomic mass is 32.2. The van der Waals surface area contributed by atoms with Gasteiger partial charge in [0, 0.05) is 17.3 Å². The SMILES string of the molecule is Cc1cc(C)cc(NC(=O)CSc2nc3ccccc3c(=O)n2Cc2ccc(C(=O)NC3CC3)cc2)c1. The first-order valence-corrected chi connectivity index (χ1v) is 13.2. The Morgan fingerprint density at radius 2 is 1.70 bits per heavy atom. The molecule has 0 unspecified atom stereocenters. The number of aryl methyl sites for hydroxylation is 2. The monoisotopic (exact) mass is 512 g/mol. The number of carbonyl (C=O) groups excluding carboxylic acids is 2. The third-order valence-corrected chi connectivity index (χ3v) is 7.11. The summed E-state index contributed by atoms with van der Waals surface area (Å²) in [5.41, 5.74) is 4.78. The molecule has 2 N–H and O–H groups in total. The highest BCUT2D eigenvalue weighted by Crippen LogP contribution is 2.22. The van der Waals surface area contributed by atoms with Gasteiger partial charge in [-0.25, -0.2) is 4.98 Å². The molecule has 1 saturated carbocycles. The number of carbonyl (C=O) groups is 2. The van der Waals surface area contributed by atoms with Crippen molar-refractivity contribution in [2.75, 3.05) is 11.1 Å². The molecule has 1 aliphatic carbocycles. The number of amides is 2. The minimum atomic E-state index is -0.171. The zero-order chi connectivity index (χ0) is 25.9. The van der Waals surface area contributed by atoms with Crippen LogP contribution in [0.15, 0.2) is 76.7 Å². The van der Waals surface area contributed by atoms with E-state index >= 15 is 0 Å². The summed E-state index contributed by atoms with van der Waals surface area (Å²) in [5, 5.41) is 6.91. The molecule has 37 heavy (non-hydrogen) atoms. The Balaban J connectivity index is 1.36. The second-order valence-corrected chi connectivity index (χ2v) is 10.4. The van der Waals surface area contributed by atoms with Crippen molar-refractivity contribution < 1.29 is 9.59 Å². The van der Waals surface area contributed by atoms with E-state index in [1.54, 1.807) is 28.8 Å². The molecule has 0 saturated heterocycles. The van der Waals surface area contributed by atoms with Crippen LogP contribution in [-0.2, 0) is 11.3 Å². The lowest BCUT2D eigenvalue weighted by Crippen LogP contribution is -2.26. The maximum atomic E-state index is 13.4. The fourth-order valence-electron chi connectivity index (χ4n) is 4.21. The molecule has 1 fully saturated rings. The summed E-state index contributed by atoms with van der Waals surface area (Å²) in [6.45, 7) is 4.25. The van der Waals surface area contributed by atoms with Crippen molar-refractivity contribution in [2.24, 2.45) is 0 Å². The molecule has 0 radical (unpaired) electrons. The average Bonchev–Trinajstić information content (AvgIpc) is 3.68. The summed E-state index contributed by atoms with van der Waals surface area (Å²) in [4.78, 5) is 43.2. The van der Waals surface area contributed by atoms with Crippen LogP contribution in [0.5, 0.6) is 0 Å². The molecule has 188 valence electrons. The van der Waals surface area contributed by atoms with Crippen LogP contribution in [0.1, 0.15) is 39.9 Å². The maximum Gasteiger partial charge on any atom is 0.262 e. The molecular weight excluding hydrogens is 484 g/mol. The number of nitrogens with zero attached hydrogens (tertiary/aromatic N) is 2. The van der Waals surface area contributed by atoms with E-state index < -0.39 is 0 Å². The van der Waals surface area contributed by atoms with Gasteiger partial charge in [-0.3, -0.25) is 19.0 Å². The van der Waals surface area contributed by atoms with Gasteiger partial charge >= 0.3 is 0 Å². The Kier molecular flexibility index (Phi) is 7.10. The van der Waals surface area contributed by atoms with Crippen LogP contribution < -0.4 is 16.2 Å². The lowest BCUT2D eigenvalue weighted by molar-refractivity contribution is -0.113. The van der Waals surface area contributed by atoms with Crippen molar-refractivity contribution in [2.45, 2.75) is 44.4 Å². The maximum absolute atomic E-state index is 13.4. The number of rotatable bonds is 8. The summed E-state index contributed by atoms with van der Waals surface area (Å²) in [6.07, 6.45) is 2.07. The largest absolute Gasteiger partial charge is 0.349 e. The van der Waals surface area contributed by atoms with Crippen molar-refractivity contribution in [3.05, 3.63) is 99.3 Å². The first-order chi connectivity index (χ1) is 17.9. The number of para-hydroxylation sites is 1. The quantitative estimate of drug-likeness (QED) is 0.264. The Hall–Kier alpha value is -3.91. The fraction of sp³-hybridized carbons (Fsp3) is 0.241. The molecule has 7 nitrogen and oxygen atoms in total. The molecule has 1 heterocycles. The van der Waals surface area contributed by atoms with Gasteiger partial charge in [0.15, 0.2) is 5.16 Å². The van der Waals surface area contributed by atoms with E-state index in [4.69, 9.17) is 4.98 Å². The number of anilines is 1. The highest BCUT2D eigenvalue weighted by molar-refractivity contribution is 7.99. The fourth-order valence-corrected chi connectivity index (χ4v) is 5.01. The number of nitrogens with one attached hydrogen (secondary N) is 2. The van der Waals surface area contributed by atoms with Crippen molar-refractivity contribution in [1.29, 1.82) is 0 Å². The van der Waals surface area contributed by atoms with Crippen molar-refractivity contribution in [3.63, 3.8) is 0 Å². The highest BCUT2D eigenvalue weighted by Gasteiger charge is 2.23. The molecule has 1 aromatic heterocycles. The third-order valence-electron chi connectivity index (χ3n) is 6.13. The molecule has 0 atom stereocenters. The van der Waals surface area contributed by atoms with Gasteiger partial charge in [0.2, 0.25) is 5.91 Å². The van der Waals surface area contributed by atoms with Gasteiger partial charge in [-0.15, -0.1) is 0 Å². The number of hydrogen-bond donors (Lipinski definition) is 2. The molecule has 5 rings (SSSR count). The van der Waals surface area contributed by atoms with Crippen molar-refractivity contribution >= 4 is 40.2 Å². The van der Waals surface area contributed by atoms with Gasteiger partial charge in [0.1, 0.15) is 0 Å². The Morgan fingerprint density at radius 3 is 2.41 bits per heavy atom. The van der Waals surface area contributed by atoms with E-state index in [2.05, 4.69) is 10.6 Å². The predicted octanol–water partition coefficient (Wildman–Crippen LogP) is 4.68. The molecule has 0 aliphatic heterocycles. The van der Waals surface area contributed by atoms with E-state index in [0.29, 0.717) is 27.7 Å². The lowest BCUT2D eigenvalue weighted by atomic mass is 10.1. The average molecular weight is 513 g/mol. The van der Waals surface area contributed by atoms with Crippen LogP contribution in [0.3, 0.4) is 0 Å². The van der Waals surface area contributed by atoms with Gasteiger partial charge in [0.25, 0.3) is 11.5 Å². The predicted molar refractivity (Wildman–Crippen MR) is 147 cm³/mol. The standard InChI is InChI=1S/C29H28N4O3S/c1-18-13-19(2)15-23(14-18)30-26(34)17-37-29-32-25-6-4-3-5-24(25)28(36)33(29)16-20-7-9-21(10-8-20)27(35)31-22-11-12-22/h3-10,13-15,22H,11-12,16-17H2,1-2H3,(H,30,34)(H,31,35). The molecule has 0 bridgehead atoms. The number of thioether (sulfide) groups is 1. The van der Waals surface area contributed by atoms with Crippen LogP contribution in [0.4, 0.5) is 5.69 Å². The lowest BCUT2D eigenvalue weighted by Gasteiger charge is -2.14. The summed E-state index contributed by atoms with van der Waals surface area (Å²) in [7, 11) is 0. The van der Waals surface area contributed by atoms with Gasteiger partial charge in [-0.05, 0) is 79.8 Å². The van der Waals surface area contributed by atoms with E-state index in [0.717, 1.165) is 35.2 Å². The number of hydrogen-bond acceptors (Lipinski definition) is 5. The summed E-state index contributed by atoms with van der Waals surface area (Å²) >= 11 is 1.23. The molecule has 0 spiro atoms. The zero-order valence-corrected chi connectivity index (χ0v) is 21.6. The summed E-state index contributed by atoms with van der Waals surface area (Å²) in [6, 6.07) is 20.7. The second kappa shape index (κ2) is 10.6. The molecule has 2 amide bonds. The first-order valence-electron chi connectivity index (χ1n) is 12.3. The Labute approximate surface area is 219 Å². The molecule has 3 aromatic carbocycles. The van der Waals surface area contributed by atoms with Crippen molar-refractivity contribution in [3.8, 4) is 0 Å². The van der Waals surface area contributed by atoms with Gasteiger partial charge in [-0.2, -0.15) is 0 Å². The molecule has 1 aliphatic rings. The van der Waals surface area contributed by atoms with Gasteiger partial charge in [-0.1, -0.05) is 42.1 Å². The second-order valence-electron chi connectivity index (χ2n) is 9.46. The van der Waals surface area contributed by atoms with Crippen LogP contribution in [0, 0.1) is 13.8 Å². The number of aromatic nitrogens is 2. The van der Waals surface area contributed by atoms with E-state index in [9.17, 15) is 14.4 Å². The third kappa shape index (κ3) is 6.09. The van der Waals surface area contributed by atoms with Crippen LogP contribution in [0.25, 0.3) is 10.9 Å². The van der Waals surface area contributed by atoms with Crippen LogP contribution >= 0.6 is 11.8 Å². The zero-order valence-electron chi connectivity index (χ0n) is 20.8. The minimum Gasteiger partial charge on any atom is -0.349 e. The van der Waals surface area contributed by atoms with Crippen LogP contribution in [0.2, 0.25) is 0 Å². The topological polar surface area (TPSA) is 93.1 Å².